The Hall–Kier alpha value is -4.05. The van der Waals surface area contributed by atoms with Crippen molar-refractivity contribution in [1.29, 1.82) is 0 Å². The van der Waals surface area contributed by atoms with Crippen LogP contribution in [-0.4, -0.2) is 15.0 Å². The normalized spacial score (nSPS) is 13.4. The smallest absolute Gasteiger partial charge is 0.227 e. The van der Waals surface area contributed by atoms with Crippen molar-refractivity contribution < 1.29 is 8.53 Å². The molecule has 0 saturated carbocycles. The van der Waals surface area contributed by atoms with Crippen LogP contribution in [0.15, 0.2) is 89.7 Å². The lowest BCUT2D eigenvalue weighted by atomic mass is 10.0. The topological polar surface area (TPSA) is 51.8 Å². The SMILES string of the molecule is [2H]C([2H])([2H])c1ccc2c(n1)oc1c(-c3cc(-c4ccc5cnccc5c4)ccn3)cccc12. The first-order valence-electron chi connectivity index (χ1n) is 11.1. The molecule has 0 fully saturated rings. The summed E-state index contributed by atoms with van der Waals surface area (Å²) >= 11 is 0. The fraction of sp³-hybridized carbons (Fsp3) is 0.0385. The number of pyridine rings is 3. The van der Waals surface area contributed by atoms with Gasteiger partial charge >= 0.3 is 0 Å². The number of para-hydroxylation sites is 1. The number of aryl methyl sites for hydroxylation is 1. The summed E-state index contributed by atoms with van der Waals surface area (Å²) in [5.41, 5.74) is 4.67. The maximum atomic E-state index is 7.63. The Labute approximate surface area is 177 Å². The Kier molecular flexibility index (Phi) is 3.03. The van der Waals surface area contributed by atoms with E-state index in [1.165, 1.54) is 6.07 Å². The highest BCUT2D eigenvalue weighted by Crippen LogP contribution is 2.35. The van der Waals surface area contributed by atoms with Gasteiger partial charge in [0.2, 0.25) is 5.71 Å². The van der Waals surface area contributed by atoms with E-state index in [4.69, 9.17) is 8.53 Å². The molecule has 4 nitrogen and oxygen atoms in total. The second kappa shape index (κ2) is 6.49. The predicted molar refractivity (Wildman–Crippen MR) is 120 cm³/mol. The van der Waals surface area contributed by atoms with Gasteiger partial charge in [-0.1, -0.05) is 24.3 Å². The fourth-order valence-corrected chi connectivity index (χ4v) is 3.90. The summed E-state index contributed by atoms with van der Waals surface area (Å²) in [6.07, 6.45) is 5.43. The minimum absolute atomic E-state index is 0.0160. The Balaban J connectivity index is 1.50. The Bertz CT molecular complexity index is 1670. The first-order valence-corrected chi connectivity index (χ1v) is 9.61. The van der Waals surface area contributed by atoms with Crippen molar-refractivity contribution in [1.82, 2.24) is 15.0 Å². The molecule has 0 amide bonds. The Morgan fingerprint density at radius 3 is 2.77 bits per heavy atom. The van der Waals surface area contributed by atoms with Gasteiger partial charge in [-0.3, -0.25) is 9.97 Å². The third kappa shape index (κ3) is 2.65. The highest BCUT2D eigenvalue weighted by Gasteiger charge is 2.14. The number of rotatable bonds is 2. The van der Waals surface area contributed by atoms with Gasteiger partial charge in [0.15, 0.2) is 0 Å². The van der Waals surface area contributed by atoms with Crippen molar-refractivity contribution in [3.05, 3.63) is 91.0 Å². The molecule has 4 aromatic heterocycles. The zero-order valence-corrected chi connectivity index (χ0v) is 15.8. The Morgan fingerprint density at radius 2 is 1.80 bits per heavy atom. The lowest BCUT2D eigenvalue weighted by molar-refractivity contribution is 0.653. The van der Waals surface area contributed by atoms with Crippen LogP contribution in [0.2, 0.25) is 0 Å². The van der Waals surface area contributed by atoms with Crippen molar-refractivity contribution >= 4 is 32.8 Å². The van der Waals surface area contributed by atoms with E-state index >= 15 is 0 Å². The molecule has 6 aromatic rings. The Morgan fingerprint density at radius 1 is 0.833 bits per heavy atom. The molecule has 0 atom stereocenters. The van der Waals surface area contributed by atoms with Crippen molar-refractivity contribution in [2.75, 3.05) is 0 Å². The zero-order valence-electron chi connectivity index (χ0n) is 18.8. The van der Waals surface area contributed by atoms with Crippen LogP contribution >= 0.6 is 0 Å². The number of furan rings is 1. The largest absolute Gasteiger partial charge is 0.437 e. The summed E-state index contributed by atoms with van der Waals surface area (Å²) in [7, 11) is 0. The molecule has 0 spiro atoms. The molecular weight excluding hydrogens is 370 g/mol. The van der Waals surface area contributed by atoms with Crippen LogP contribution in [0, 0.1) is 6.85 Å². The number of hydrogen-bond acceptors (Lipinski definition) is 4. The van der Waals surface area contributed by atoms with Crippen LogP contribution in [0.4, 0.5) is 0 Å². The van der Waals surface area contributed by atoms with Crippen molar-refractivity contribution in [2.45, 2.75) is 6.85 Å². The van der Waals surface area contributed by atoms with Crippen LogP contribution in [0.5, 0.6) is 0 Å². The van der Waals surface area contributed by atoms with Crippen molar-refractivity contribution in [3.8, 4) is 22.4 Å². The molecule has 0 radical (unpaired) electrons. The fourth-order valence-electron chi connectivity index (χ4n) is 3.90. The quantitative estimate of drug-likeness (QED) is 0.336. The summed E-state index contributed by atoms with van der Waals surface area (Å²) in [5, 5.41) is 3.86. The van der Waals surface area contributed by atoms with Crippen LogP contribution < -0.4 is 0 Å². The van der Waals surface area contributed by atoms with Gasteiger partial charge in [0.1, 0.15) is 5.58 Å². The third-order valence-corrected chi connectivity index (χ3v) is 5.37. The number of fused-ring (bicyclic) bond motifs is 4. The standard InChI is InChI=1S/C26H17N3O/c1-16-5-8-22-21-3-2-4-23(25(21)30-26(22)29-16)24-14-19(10-12-28-24)17-6-7-20-15-27-11-9-18(20)13-17/h2-15H,1H3/i1D3. The molecule has 142 valence electrons. The maximum Gasteiger partial charge on any atom is 0.227 e. The highest BCUT2D eigenvalue weighted by molar-refractivity contribution is 6.08. The van der Waals surface area contributed by atoms with E-state index in [2.05, 4.69) is 33.2 Å². The molecule has 2 aromatic carbocycles. The summed E-state index contributed by atoms with van der Waals surface area (Å²) in [5.74, 6) is 0. The maximum absolute atomic E-state index is 7.63. The lowest BCUT2D eigenvalue weighted by Gasteiger charge is -2.07. The second-order valence-corrected chi connectivity index (χ2v) is 7.20. The summed E-state index contributed by atoms with van der Waals surface area (Å²) in [6, 6.07) is 21.4. The third-order valence-electron chi connectivity index (χ3n) is 5.37. The number of benzene rings is 2. The van der Waals surface area contributed by atoms with Crippen molar-refractivity contribution in [2.24, 2.45) is 0 Å². The predicted octanol–water partition coefficient (Wildman–Crippen LogP) is 6.57. The van der Waals surface area contributed by atoms with Gasteiger partial charge in [-0.15, -0.1) is 0 Å². The molecule has 0 bridgehead atoms. The van der Waals surface area contributed by atoms with Gasteiger partial charge in [0.05, 0.1) is 5.69 Å². The van der Waals surface area contributed by atoms with E-state index in [0.29, 0.717) is 11.3 Å². The summed E-state index contributed by atoms with van der Waals surface area (Å²) < 4.78 is 29.0. The monoisotopic (exact) mass is 390 g/mol. The van der Waals surface area contributed by atoms with E-state index in [1.807, 2.05) is 42.6 Å². The van der Waals surface area contributed by atoms with Gasteiger partial charge < -0.3 is 4.42 Å². The molecule has 0 aliphatic heterocycles. The molecule has 0 aliphatic rings. The number of hydrogen-bond donors (Lipinski definition) is 0. The summed E-state index contributed by atoms with van der Waals surface area (Å²) in [4.78, 5) is 13.0. The first kappa shape index (κ1) is 14.0. The second-order valence-electron chi connectivity index (χ2n) is 7.20. The molecule has 0 N–H and O–H groups in total. The first-order chi connectivity index (χ1) is 16.0. The molecule has 30 heavy (non-hydrogen) atoms. The number of aromatic nitrogens is 3. The van der Waals surface area contributed by atoms with Crippen molar-refractivity contribution in [3.63, 3.8) is 0 Å². The van der Waals surface area contributed by atoms with Crippen LogP contribution in [-0.2, 0) is 0 Å². The minimum Gasteiger partial charge on any atom is -0.437 e. The molecule has 6 rings (SSSR count). The van der Waals surface area contributed by atoms with E-state index in [9.17, 15) is 0 Å². The number of nitrogens with zero attached hydrogens (tertiary/aromatic N) is 3. The van der Waals surface area contributed by atoms with Gasteiger partial charge in [0.25, 0.3) is 0 Å². The van der Waals surface area contributed by atoms with Crippen LogP contribution in [0.3, 0.4) is 0 Å². The highest BCUT2D eigenvalue weighted by atomic mass is 16.3. The summed E-state index contributed by atoms with van der Waals surface area (Å²) in [6.45, 7) is -2.29. The molecule has 4 heterocycles. The average Bonchev–Trinajstić information content (AvgIpc) is 3.21. The molecule has 0 aliphatic carbocycles. The molecule has 0 saturated heterocycles. The lowest BCUT2D eigenvalue weighted by Crippen LogP contribution is -1.86. The zero-order chi connectivity index (χ0) is 22.6. The van der Waals surface area contributed by atoms with E-state index in [1.54, 1.807) is 18.5 Å². The van der Waals surface area contributed by atoms with Crippen LogP contribution in [0.25, 0.3) is 55.2 Å². The molecular formula is C26H17N3O. The van der Waals surface area contributed by atoms with E-state index in [-0.39, 0.29) is 5.69 Å². The van der Waals surface area contributed by atoms with Gasteiger partial charge in [-0.25, -0.2) is 4.98 Å². The average molecular weight is 390 g/mol. The van der Waals surface area contributed by atoms with Crippen LogP contribution in [0.1, 0.15) is 9.81 Å². The minimum atomic E-state index is -2.29. The molecule has 4 heteroatoms. The molecule has 0 unspecified atom stereocenters. The van der Waals surface area contributed by atoms with Gasteiger partial charge in [-0.2, -0.15) is 0 Å². The van der Waals surface area contributed by atoms with Gasteiger partial charge in [0, 0.05) is 50.1 Å². The van der Waals surface area contributed by atoms with E-state index < -0.39 is 6.85 Å². The van der Waals surface area contributed by atoms with E-state index in [0.717, 1.165) is 43.9 Å². The van der Waals surface area contributed by atoms with Gasteiger partial charge in [-0.05, 0) is 65.8 Å².